The number of aromatic hydroxyl groups is 1. The van der Waals surface area contributed by atoms with Crippen LogP contribution in [0.1, 0.15) is 18.4 Å². The zero-order valence-corrected chi connectivity index (χ0v) is 10.4. The van der Waals surface area contributed by atoms with Gasteiger partial charge in [-0.1, -0.05) is 24.3 Å². The van der Waals surface area contributed by atoms with E-state index in [1.54, 1.807) is 7.11 Å². The molecule has 0 radical (unpaired) electrons. The Morgan fingerprint density at radius 1 is 1.22 bits per heavy atom. The van der Waals surface area contributed by atoms with Gasteiger partial charge in [0, 0.05) is 16.3 Å². The third-order valence-electron chi connectivity index (χ3n) is 3.73. The van der Waals surface area contributed by atoms with Gasteiger partial charge in [0.2, 0.25) is 0 Å². The molecule has 0 spiro atoms. The van der Waals surface area contributed by atoms with Crippen LogP contribution in [0, 0.1) is 0 Å². The Kier molecular flexibility index (Phi) is 2.45. The number of phenols is 1. The molecule has 2 aromatic carbocycles. The standard InChI is InChI=1S/C15H17NO2/c1-18-13-4-2-3-12-11(13)6-5-10(14(12)17)9-15(16)7-8-15/h2-6,17H,7-9,16H2,1H3. The number of hydrogen-bond acceptors (Lipinski definition) is 3. The maximum absolute atomic E-state index is 10.3. The smallest absolute Gasteiger partial charge is 0.126 e. The lowest BCUT2D eigenvalue weighted by Crippen LogP contribution is -2.24. The van der Waals surface area contributed by atoms with Crippen LogP contribution in [0.25, 0.3) is 10.8 Å². The molecule has 0 bridgehead atoms. The van der Waals surface area contributed by atoms with E-state index in [4.69, 9.17) is 10.5 Å². The van der Waals surface area contributed by atoms with Crippen molar-refractivity contribution in [2.75, 3.05) is 7.11 Å². The van der Waals surface area contributed by atoms with Crippen molar-refractivity contribution < 1.29 is 9.84 Å². The summed E-state index contributed by atoms with van der Waals surface area (Å²) in [5.74, 6) is 1.12. The quantitative estimate of drug-likeness (QED) is 0.871. The van der Waals surface area contributed by atoms with Gasteiger partial charge in [0.25, 0.3) is 0 Å². The Hall–Kier alpha value is -1.74. The average Bonchev–Trinajstić information content (AvgIpc) is 3.10. The van der Waals surface area contributed by atoms with Gasteiger partial charge < -0.3 is 15.6 Å². The molecule has 1 saturated carbocycles. The predicted octanol–water partition coefficient (Wildman–Crippen LogP) is 2.59. The number of rotatable bonds is 3. The van der Waals surface area contributed by atoms with E-state index in [9.17, 15) is 5.11 Å². The van der Waals surface area contributed by atoms with E-state index in [0.717, 1.165) is 41.3 Å². The fraction of sp³-hybridized carbons (Fsp3) is 0.333. The maximum atomic E-state index is 10.3. The zero-order valence-electron chi connectivity index (χ0n) is 10.4. The molecule has 3 N–H and O–H groups in total. The number of phenolic OH excluding ortho intramolecular Hbond substituents is 1. The summed E-state index contributed by atoms with van der Waals surface area (Å²) in [6, 6.07) is 9.64. The summed E-state index contributed by atoms with van der Waals surface area (Å²) in [5.41, 5.74) is 6.95. The fourth-order valence-electron chi connectivity index (χ4n) is 2.40. The van der Waals surface area contributed by atoms with Gasteiger partial charge in [0.05, 0.1) is 7.11 Å². The van der Waals surface area contributed by atoms with E-state index in [1.807, 2.05) is 30.3 Å². The van der Waals surface area contributed by atoms with Gasteiger partial charge in [-0.2, -0.15) is 0 Å². The summed E-state index contributed by atoms with van der Waals surface area (Å²) in [7, 11) is 1.64. The summed E-state index contributed by atoms with van der Waals surface area (Å²) in [5, 5.41) is 12.1. The third kappa shape index (κ3) is 1.81. The lowest BCUT2D eigenvalue weighted by Gasteiger charge is -2.13. The molecule has 0 atom stereocenters. The molecule has 0 aliphatic heterocycles. The average molecular weight is 243 g/mol. The van der Waals surface area contributed by atoms with Crippen LogP contribution in [0.15, 0.2) is 30.3 Å². The Balaban J connectivity index is 2.11. The van der Waals surface area contributed by atoms with Crippen molar-refractivity contribution in [1.29, 1.82) is 0 Å². The number of hydrogen-bond donors (Lipinski definition) is 2. The van der Waals surface area contributed by atoms with Crippen LogP contribution < -0.4 is 10.5 Å². The molecule has 2 aromatic rings. The minimum absolute atomic E-state index is 0.0932. The summed E-state index contributed by atoms with van der Waals surface area (Å²) >= 11 is 0. The van der Waals surface area contributed by atoms with Crippen LogP contribution in [-0.2, 0) is 6.42 Å². The van der Waals surface area contributed by atoms with Crippen molar-refractivity contribution >= 4 is 10.8 Å². The second-order valence-corrected chi connectivity index (χ2v) is 5.17. The van der Waals surface area contributed by atoms with Gasteiger partial charge in [-0.15, -0.1) is 0 Å². The van der Waals surface area contributed by atoms with E-state index >= 15 is 0 Å². The predicted molar refractivity (Wildman–Crippen MR) is 72.0 cm³/mol. The van der Waals surface area contributed by atoms with E-state index in [-0.39, 0.29) is 5.54 Å². The summed E-state index contributed by atoms with van der Waals surface area (Å²) < 4.78 is 5.30. The lowest BCUT2D eigenvalue weighted by molar-refractivity contribution is 0.419. The van der Waals surface area contributed by atoms with Crippen molar-refractivity contribution in [2.45, 2.75) is 24.8 Å². The zero-order chi connectivity index (χ0) is 12.8. The van der Waals surface area contributed by atoms with Crippen LogP contribution in [0.2, 0.25) is 0 Å². The molecule has 3 nitrogen and oxygen atoms in total. The van der Waals surface area contributed by atoms with Crippen molar-refractivity contribution in [3.05, 3.63) is 35.9 Å². The van der Waals surface area contributed by atoms with Crippen LogP contribution in [-0.4, -0.2) is 17.8 Å². The molecule has 0 aromatic heterocycles. The van der Waals surface area contributed by atoms with Gasteiger partial charge in [0.1, 0.15) is 11.5 Å². The molecule has 94 valence electrons. The number of ether oxygens (including phenoxy) is 1. The maximum Gasteiger partial charge on any atom is 0.126 e. The first-order chi connectivity index (χ1) is 8.63. The van der Waals surface area contributed by atoms with Gasteiger partial charge in [0.15, 0.2) is 0 Å². The SMILES string of the molecule is COc1cccc2c(O)c(CC3(N)CC3)ccc12. The molecule has 0 unspecified atom stereocenters. The van der Waals surface area contributed by atoms with Crippen molar-refractivity contribution in [1.82, 2.24) is 0 Å². The van der Waals surface area contributed by atoms with Crippen LogP contribution in [0.5, 0.6) is 11.5 Å². The first-order valence-corrected chi connectivity index (χ1v) is 6.19. The van der Waals surface area contributed by atoms with Crippen LogP contribution in [0.3, 0.4) is 0 Å². The van der Waals surface area contributed by atoms with Crippen LogP contribution >= 0.6 is 0 Å². The van der Waals surface area contributed by atoms with Crippen molar-refractivity contribution in [3.63, 3.8) is 0 Å². The molecule has 3 rings (SSSR count). The van der Waals surface area contributed by atoms with Gasteiger partial charge in [-0.05, 0) is 30.9 Å². The van der Waals surface area contributed by atoms with Gasteiger partial charge in [-0.3, -0.25) is 0 Å². The first-order valence-electron chi connectivity index (χ1n) is 6.19. The highest BCUT2D eigenvalue weighted by Crippen LogP contribution is 2.40. The Labute approximate surface area is 106 Å². The largest absolute Gasteiger partial charge is 0.507 e. The summed E-state index contributed by atoms with van der Waals surface area (Å²) in [6.45, 7) is 0. The second-order valence-electron chi connectivity index (χ2n) is 5.17. The lowest BCUT2D eigenvalue weighted by atomic mass is 9.99. The minimum Gasteiger partial charge on any atom is -0.507 e. The van der Waals surface area contributed by atoms with Crippen molar-refractivity contribution in [2.24, 2.45) is 5.73 Å². The molecular formula is C15H17NO2. The number of fused-ring (bicyclic) bond motifs is 1. The molecule has 18 heavy (non-hydrogen) atoms. The molecule has 1 aliphatic rings. The number of benzene rings is 2. The molecule has 0 heterocycles. The molecule has 0 saturated heterocycles. The molecular weight excluding hydrogens is 226 g/mol. The molecule has 0 amide bonds. The fourth-order valence-corrected chi connectivity index (χ4v) is 2.40. The third-order valence-corrected chi connectivity index (χ3v) is 3.73. The summed E-state index contributed by atoms with van der Waals surface area (Å²) in [6.07, 6.45) is 2.83. The number of nitrogens with two attached hydrogens (primary N) is 1. The van der Waals surface area contributed by atoms with E-state index in [2.05, 4.69) is 0 Å². The van der Waals surface area contributed by atoms with E-state index in [0.29, 0.717) is 5.75 Å². The van der Waals surface area contributed by atoms with E-state index in [1.165, 1.54) is 0 Å². The van der Waals surface area contributed by atoms with E-state index < -0.39 is 0 Å². The normalized spacial score (nSPS) is 16.8. The minimum atomic E-state index is -0.0932. The van der Waals surface area contributed by atoms with Gasteiger partial charge in [-0.25, -0.2) is 0 Å². The summed E-state index contributed by atoms with van der Waals surface area (Å²) in [4.78, 5) is 0. The van der Waals surface area contributed by atoms with Gasteiger partial charge >= 0.3 is 0 Å². The second kappa shape index (κ2) is 3.89. The number of methoxy groups -OCH3 is 1. The highest BCUT2D eigenvalue weighted by Gasteiger charge is 2.38. The highest BCUT2D eigenvalue weighted by molar-refractivity contribution is 5.93. The topological polar surface area (TPSA) is 55.5 Å². The molecule has 3 heteroatoms. The Bertz CT molecular complexity index is 603. The monoisotopic (exact) mass is 243 g/mol. The van der Waals surface area contributed by atoms with Crippen molar-refractivity contribution in [3.8, 4) is 11.5 Å². The highest BCUT2D eigenvalue weighted by atomic mass is 16.5. The Morgan fingerprint density at radius 2 is 2.00 bits per heavy atom. The Morgan fingerprint density at radius 3 is 2.67 bits per heavy atom. The molecule has 1 aliphatic carbocycles. The molecule has 1 fully saturated rings. The van der Waals surface area contributed by atoms with Crippen LogP contribution in [0.4, 0.5) is 0 Å². The first kappa shape index (κ1) is 11.4.